The molecule has 0 aliphatic carbocycles. The monoisotopic (exact) mass is 373 g/mol. The first kappa shape index (κ1) is 19.4. The summed E-state index contributed by atoms with van der Waals surface area (Å²) in [4.78, 5) is 10.6. The number of aryl methyl sites for hydroxylation is 3. The molecule has 28 heavy (non-hydrogen) atoms. The standard InChI is InChI=1S/C24H23NO3/c1-16-4-6-19(7-5-16)8-13-23(20-9-11-22(12-10-20)25(27)28)21-14-17(2)24(26)18(3)15-21/h4-15,23,26H,1-3H3/b13-8+. The number of hydrogen-bond donors (Lipinski definition) is 1. The number of phenols is 1. The zero-order valence-electron chi connectivity index (χ0n) is 16.2. The summed E-state index contributed by atoms with van der Waals surface area (Å²) in [5.74, 6) is 0.217. The van der Waals surface area contributed by atoms with Gasteiger partial charge in [0.15, 0.2) is 0 Å². The van der Waals surface area contributed by atoms with Gasteiger partial charge in [-0.25, -0.2) is 0 Å². The minimum Gasteiger partial charge on any atom is -0.507 e. The van der Waals surface area contributed by atoms with Gasteiger partial charge >= 0.3 is 0 Å². The van der Waals surface area contributed by atoms with Crippen LogP contribution in [0.5, 0.6) is 5.75 Å². The van der Waals surface area contributed by atoms with Crippen LogP contribution in [0.4, 0.5) is 5.69 Å². The van der Waals surface area contributed by atoms with E-state index in [1.807, 2.05) is 26.0 Å². The molecule has 0 radical (unpaired) electrons. The Morgan fingerprint density at radius 3 is 2.00 bits per heavy atom. The van der Waals surface area contributed by atoms with E-state index >= 15 is 0 Å². The van der Waals surface area contributed by atoms with E-state index in [1.54, 1.807) is 12.1 Å². The van der Waals surface area contributed by atoms with E-state index in [0.717, 1.165) is 27.8 Å². The zero-order valence-corrected chi connectivity index (χ0v) is 16.2. The van der Waals surface area contributed by atoms with Crippen molar-refractivity contribution >= 4 is 11.8 Å². The first-order valence-electron chi connectivity index (χ1n) is 9.14. The molecule has 0 spiro atoms. The third-order valence-electron chi connectivity index (χ3n) is 4.89. The van der Waals surface area contributed by atoms with Crippen molar-refractivity contribution < 1.29 is 10.0 Å². The Morgan fingerprint density at radius 2 is 1.46 bits per heavy atom. The highest BCUT2D eigenvalue weighted by Gasteiger charge is 2.15. The maximum Gasteiger partial charge on any atom is 0.269 e. The molecule has 3 rings (SSSR count). The zero-order chi connectivity index (χ0) is 20.3. The Labute approximate surface area is 164 Å². The first-order valence-corrected chi connectivity index (χ1v) is 9.14. The number of nitro benzene ring substituents is 1. The van der Waals surface area contributed by atoms with Crippen molar-refractivity contribution in [2.24, 2.45) is 0 Å². The fourth-order valence-corrected chi connectivity index (χ4v) is 3.27. The van der Waals surface area contributed by atoms with E-state index in [0.29, 0.717) is 5.75 Å². The van der Waals surface area contributed by atoms with E-state index in [2.05, 4.69) is 43.3 Å². The fraction of sp³-hybridized carbons (Fsp3) is 0.167. The van der Waals surface area contributed by atoms with E-state index in [-0.39, 0.29) is 11.6 Å². The van der Waals surface area contributed by atoms with Crippen molar-refractivity contribution in [1.82, 2.24) is 0 Å². The molecular formula is C24H23NO3. The number of non-ortho nitro benzene ring substituents is 1. The van der Waals surface area contributed by atoms with Crippen molar-refractivity contribution in [2.45, 2.75) is 26.7 Å². The number of nitrogens with zero attached hydrogens (tertiary/aromatic N) is 1. The fourth-order valence-electron chi connectivity index (χ4n) is 3.27. The molecule has 1 atom stereocenters. The van der Waals surface area contributed by atoms with Crippen LogP contribution in [0, 0.1) is 30.9 Å². The Balaban J connectivity index is 2.05. The summed E-state index contributed by atoms with van der Waals surface area (Å²) in [6.45, 7) is 5.81. The van der Waals surface area contributed by atoms with Crippen molar-refractivity contribution in [3.05, 3.63) is 110 Å². The molecular weight excluding hydrogens is 350 g/mol. The van der Waals surface area contributed by atoms with E-state index in [9.17, 15) is 15.2 Å². The molecule has 3 aromatic carbocycles. The summed E-state index contributed by atoms with van der Waals surface area (Å²) in [6.07, 6.45) is 4.15. The molecule has 0 bridgehead atoms. The average molecular weight is 373 g/mol. The van der Waals surface area contributed by atoms with Crippen molar-refractivity contribution in [3.8, 4) is 5.75 Å². The lowest BCUT2D eigenvalue weighted by Gasteiger charge is -2.17. The van der Waals surface area contributed by atoms with Gasteiger partial charge in [0.1, 0.15) is 5.75 Å². The third-order valence-corrected chi connectivity index (χ3v) is 4.89. The number of nitro groups is 1. The van der Waals surface area contributed by atoms with Crippen LogP contribution in [0.15, 0.2) is 66.7 Å². The lowest BCUT2D eigenvalue weighted by Crippen LogP contribution is -2.00. The minimum atomic E-state index is -0.393. The molecule has 0 saturated carbocycles. The molecule has 0 fully saturated rings. The Bertz CT molecular complexity index is 996. The molecule has 0 amide bonds. The van der Waals surface area contributed by atoms with Gasteiger partial charge in [0.05, 0.1) is 4.92 Å². The van der Waals surface area contributed by atoms with Gasteiger partial charge < -0.3 is 5.11 Å². The van der Waals surface area contributed by atoms with Crippen LogP contribution in [0.1, 0.15) is 39.3 Å². The highest BCUT2D eigenvalue weighted by molar-refractivity contribution is 5.55. The molecule has 4 heteroatoms. The molecule has 1 unspecified atom stereocenters. The predicted octanol–water partition coefficient (Wildman–Crippen LogP) is 6.07. The Hall–Kier alpha value is -3.40. The van der Waals surface area contributed by atoms with Crippen LogP contribution >= 0.6 is 0 Å². The van der Waals surface area contributed by atoms with Gasteiger partial charge in [0.2, 0.25) is 0 Å². The van der Waals surface area contributed by atoms with Crippen LogP contribution in [-0.4, -0.2) is 10.0 Å². The molecule has 4 nitrogen and oxygen atoms in total. The normalized spacial score (nSPS) is 12.2. The van der Waals surface area contributed by atoms with Gasteiger partial charge in [-0.15, -0.1) is 0 Å². The van der Waals surface area contributed by atoms with Crippen molar-refractivity contribution in [1.29, 1.82) is 0 Å². The summed E-state index contributed by atoms with van der Waals surface area (Å²) in [5.41, 5.74) is 5.97. The topological polar surface area (TPSA) is 63.4 Å². The lowest BCUT2D eigenvalue weighted by molar-refractivity contribution is -0.384. The molecule has 142 valence electrons. The van der Waals surface area contributed by atoms with E-state index in [4.69, 9.17) is 0 Å². The van der Waals surface area contributed by atoms with Crippen LogP contribution in [-0.2, 0) is 0 Å². The van der Waals surface area contributed by atoms with Crippen molar-refractivity contribution in [3.63, 3.8) is 0 Å². The number of aromatic hydroxyl groups is 1. The first-order chi connectivity index (χ1) is 13.3. The van der Waals surface area contributed by atoms with Crippen LogP contribution in [0.25, 0.3) is 6.08 Å². The van der Waals surface area contributed by atoms with Crippen LogP contribution < -0.4 is 0 Å². The second kappa shape index (κ2) is 8.09. The predicted molar refractivity (Wildman–Crippen MR) is 113 cm³/mol. The smallest absolute Gasteiger partial charge is 0.269 e. The molecule has 0 aliphatic rings. The molecule has 1 N–H and O–H groups in total. The van der Waals surface area contributed by atoms with Crippen LogP contribution in [0.3, 0.4) is 0 Å². The van der Waals surface area contributed by atoms with E-state index in [1.165, 1.54) is 17.7 Å². The number of phenolic OH excluding ortho intramolecular Hbond substituents is 1. The quantitative estimate of drug-likeness (QED) is 0.436. The summed E-state index contributed by atoms with van der Waals surface area (Å²) in [5, 5.41) is 21.1. The van der Waals surface area contributed by atoms with Crippen molar-refractivity contribution in [2.75, 3.05) is 0 Å². The summed E-state index contributed by atoms with van der Waals surface area (Å²) in [6, 6.07) is 18.8. The second-order valence-electron chi connectivity index (χ2n) is 7.10. The second-order valence-corrected chi connectivity index (χ2v) is 7.10. The Kier molecular flexibility index (Phi) is 5.59. The Morgan fingerprint density at radius 1 is 0.893 bits per heavy atom. The molecule has 0 aliphatic heterocycles. The van der Waals surface area contributed by atoms with Gasteiger partial charge in [-0.05, 0) is 48.6 Å². The maximum atomic E-state index is 11.0. The molecule has 0 heterocycles. The summed E-state index contributed by atoms with van der Waals surface area (Å²) >= 11 is 0. The van der Waals surface area contributed by atoms with E-state index < -0.39 is 4.92 Å². The van der Waals surface area contributed by atoms with Gasteiger partial charge in [-0.2, -0.15) is 0 Å². The SMILES string of the molecule is Cc1ccc(/C=C/C(c2ccc([N+](=O)[O-])cc2)c2cc(C)c(O)c(C)c2)cc1. The van der Waals surface area contributed by atoms with Gasteiger partial charge in [-0.3, -0.25) is 10.1 Å². The molecule has 0 aromatic heterocycles. The highest BCUT2D eigenvalue weighted by Crippen LogP contribution is 2.33. The highest BCUT2D eigenvalue weighted by atomic mass is 16.6. The number of benzene rings is 3. The minimum absolute atomic E-state index is 0.0723. The van der Waals surface area contributed by atoms with Gasteiger partial charge in [0, 0.05) is 18.1 Å². The molecule has 0 saturated heterocycles. The lowest BCUT2D eigenvalue weighted by atomic mass is 9.88. The number of hydrogen-bond acceptors (Lipinski definition) is 3. The molecule has 3 aromatic rings. The third kappa shape index (κ3) is 4.29. The average Bonchev–Trinajstić information content (AvgIpc) is 2.68. The van der Waals surface area contributed by atoms with Gasteiger partial charge in [0.25, 0.3) is 5.69 Å². The van der Waals surface area contributed by atoms with Gasteiger partial charge in [-0.1, -0.05) is 66.2 Å². The largest absolute Gasteiger partial charge is 0.507 e. The summed E-state index contributed by atoms with van der Waals surface area (Å²) in [7, 11) is 0. The maximum absolute atomic E-state index is 11.0. The number of allylic oxidation sites excluding steroid dienone is 1. The van der Waals surface area contributed by atoms with Crippen LogP contribution in [0.2, 0.25) is 0 Å². The summed E-state index contributed by atoms with van der Waals surface area (Å²) < 4.78 is 0. The number of rotatable bonds is 5.